The van der Waals surface area contributed by atoms with Crippen molar-refractivity contribution in [2.75, 3.05) is 18.0 Å². The number of carboxylic acid groups (broad SMARTS) is 1. The van der Waals surface area contributed by atoms with Gasteiger partial charge in [0.25, 0.3) is 0 Å². The summed E-state index contributed by atoms with van der Waals surface area (Å²) < 4.78 is 65.5. The third kappa shape index (κ3) is 3.57. The molecule has 0 radical (unpaired) electrons. The number of halogens is 3. The zero-order valence-electron chi connectivity index (χ0n) is 18.1. The third-order valence-corrected chi connectivity index (χ3v) is 9.48. The van der Waals surface area contributed by atoms with Crippen LogP contribution in [0.2, 0.25) is 0 Å². The van der Waals surface area contributed by atoms with Crippen LogP contribution in [0.3, 0.4) is 0 Å². The molecule has 0 bridgehead atoms. The van der Waals surface area contributed by atoms with E-state index in [0.29, 0.717) is 23.4 Å². The molecule has 0 amide bonds. The molecule has 1 aromatic carbocycles. The van der Waals surface area contributed by atoms with Crippen LogP contribution in [0.1, 0.15) is 37.0 Å². The summed E-state index contributed by atoms with van der Waals surface area (Å²) in [5.41, 5.74) is 0.136. The van der Waals surface area contributed by atoms with E-state index in [2.05, 4.69) is 4.98 Å². The maximum absolute atomic E-state index is 13.9. The van der Waals surface area contributed by atoms with E-state index in [1.54, 1.807) is 43.0 Å². The van der Waals surface area contributed by atoms with Gasteiger partial charge in [-0.2, -0.15) is 17.5 Å². The SMILES string of the molecule is CC1C(C)N(S(=O)(=O)C2(C(=O)O)CCc3ccccc32)CCN1c1ccc(C(F)(F)F)cn1. The Balaban J connectivity index is 1.65. The van der Waals surface area contributed by atoms with Crippen molar-refractivity contribution in [3.63, 3.8) is 0 Å². The number of carboxylic acids is 1. The Labute approximate surface area is 189 Å². The molecule has 1 fully saturated rings. The lowest BCUT2D eigenvalue weighted by atomic mass is 10.0. The molecule has 1 aliphatic heterocycles. The summed E-state index contributed by atoms with van der Waals surface area (Å²) in [6.07, 6.45) is -3.45. The van der Waals surface area contributed by atoms with E-state index in [9.17, 15) is 31.5 Å². The summed E-state index contributed by atoms with van der Waals surface area (Å²) in [6.45, 7) is 3.59. The molecule has 33 heavy (non-hydrogen) atoms. The molecule has 178 valence electrons. The fourth-order valence-electron chi connectivity index (χ4n) is 4.88. The van der Waals surface area contributed by atoms with Crippen molar-refractivity contribution in [1.82, 2.24) is 9.29 Å². The lowest BCUT2D eigenvalue weighted by Gasteiger charge is -2.46. The maximum atomic E-state index is 13.9. The lowest BCUT2D eigenvalue weighted by Crippen LogP contribution is -2.63. The molecule has 3 atom stereocenters. The van der Waals surface area contributed by atoms with Gasteiger partial charge in [0.05, 0.1) is 5.56 Å². The number of fused-ring (bicyclic) bond motifs is 1. The van der Waals surface area contributed by atoms with Gasteiger partial charge in [-0.25, -0.2) is 13.4 Å². The summed E-state index contributed by atoms with van der Waals surface area (Å²) in [4.78, 5) is 18.1. The second kappa shape index (κ2) is 7.98. The van der Waals surface area contributed by atoms with Crippen LogP contribution in [0.25, 0.3) is 0 Å². The highest BCUT2D eigenvalue weighted by Gasteiger charge is 2.59. The standard InChI is InChI=1S/C22H24F3N3O4S/c1-14-15(2)28(12-11-27(14)19-8-7-17(13-26-19)22(23,24)25)33(31,32)21(20(29)30)10-9-16-5-3-4-6-18(16)21/h3-8,13-15H,9-12H2,1-2H3,(H,29,30). The van der Waals surface area contributed by atoms with Crippen LogP contribution in [0.4, 0.5) is 19.0 Å². The quantitative estimate of drug-likeness (QED) is 0.718. The number of benzene rings is 1. The van der Waals surface area contributed by atoms with Gasteiger partial charge in [0.1, 0.15) is 5.82 Å². The van der Waals surface area contributed by atoms with E-state index in [-0.39, 0.29) is 19.5 Å². The zero-order chi connectivity index (χ0) is 24.2. The van der Waals surface area contributed by atoms with Crippen LogP contribution < -0.4 is 4.90 Å². The molecule has 1 N–H and O–H groups in total. The molecule has 0 spiro atoms. The highest BCUT2D eigenvalue weighted by atomic mass is 32.2. The molecule has 0 saturated carbocycles. The molecule has 1 saturated heterocycles. The lowest BCUT2D eigenvalue weighted by molar-refractivity contribution is -0.140. The van der Waals surface area contributed by atoms with Crippen molar-refractivity contribution in [1.29, 1.82) is 0 Å². The van der Waals surface area contributed by atoms with Crippen molar-refractivity contribution >= 4 is 21.8 Å². The van der Waals surface area contributed by atoms with E-state index in [1.807, 2.05) is 0 Å². The van der Waals surface area contributed by atoms with Crippen LogP contribution in [0, 0.1) is 0 Å². The van der Waals surface area contributed by atoms with Crippen molar-refractivity contribution < 1.29 is 31.5 Å². The number of hydrogen-bond donors (Lipinski definition) is 1. The monoisotopic (exact) mass is 483 g/mol. The third-order valence-electron chi connectivity index (χ3n) is 6.87. The predicted molar refractivity (Wildman–Crippen MR) is 115 cm³/mol. The Bertz CT molecular complexity index is 1170. The van der Waals surface area contributed by atoms with Crippen molar-refractivity contribution in [3.05, 3.63) is 59.3 Å². The van der Waals surface area contributed by atoms with Crippen molar-refractivity contribution in [2.45, 2.75) is 49.7 Å². The van der Waals surface area contributed by atoms with E-state index in [1.165, 1.54) is 10.4 Å². The first-order valence-electron chi connectivity index (χ1n) is 10.5. The predicted octanol–water partition coefficient (Wildman–Crippen LogP) is 3.26. The topological polar surface area (TPSA) is 90.8 Å². The van der Waals surface area contributed by atoms with Crippen molar-refractivity contribution in [2.24, 2.45) is 0 Å². The molecular formula is C22H24F3N3O4S. The zero-order valence-corrected chi connectivity index (χ0v) is 18.9. The Morgan fingerprint density at radius 3 is 2.42 bits per heavy atom. The minimum absolute atomic E-state index is 0.00621. The number of aliphatic carboxylic acids is 1. The molecule has 1 aliphatic carbocycles. The van der Waals surface area contributed by atoms with Crippen LogP contribution in [-0.4, -0.2) is 54.0 Å². The second-order valence-corrected chi connectivity index (χ2v) is 10.6. The Morgan fingerprint density at radius 2 is 1.82 bits per heavy atom. The summed E-state index contributed by atoms with van der Waals surface area (Å²) in [5, 5.41) is 10.1. The van der Waals surface area contributed by atoms with Gasteiger partial charge in [-0.15, -0.1) is 0 Å². The molecular weight excluding hydrogens is 459 g/mol. The smallest absolute Gasteiger partial charge is 0.417 e. The Kier molecular flexibility index (Phi) is 5.68. The van der Waals surface area contributed by atoms with Gasteiger partial charge in [-0.1, -0.05) is 24.3 Å². The summed E-state index contributed by atoms with van der Waals surface area (Å²) in [7, 11) is -4.31. The number of aromatic nitrogens is 1. The summed E-state index contributed by atoms with van der Waals surface area (Å²) >= 11 is 0. The highest BCUT2D eigenvalue weighted by molar-refractivity contribution is 7.90. The summed E-state index contributed by atoms with van der Waals surface area (Å²) in [6, 6.07) is 7.83. The van der Waals surface area contributed by atoms with Gasteiger partial charge in [-0.3, -0.25) is 4.79 Å². The highest BCUT2D eigenvalue weighted by Crippen LogP contribution is 2.46. The van der Waals surface area contributed by atoms with Crippen LogP contribution in [0.5, 0.6) is 0 Å². The number of piperazine rings is 1. The van der Waals surface area contributed by atoms with Crippen LogP contribution in [0.15, 0.2) is 42.6 Å². The average molecular weight is 484 g/mol. The number of hydrogen-bond acceptors (Lipinski definition) is 5. The average Bonchev–Trinajstić information content (AvgIpc) is 3.16. The van der Waals surface area contributed by atoms with Gasteiger partial charge < -0.3 is 10.0 Å². The van der Waals surface area contributed by atoms with Crippen LogP contribution >= 0.6 is 0 Å². The Morgan fingerprint density at radius 1 is 1.12 bits per heavy atom. The van der Waals surface area contributed by atoms with Gasteiger partial charge >= 0.3 is 12.1 Å². The fourth-order valence-corrected chi connectivity index (χ4v) is 7.27. The first-order valence-corrected chi connectivity index (χ1v) is 12.0. The van der Waals surface area contributed by atoms with E-state index < -0.39 is 44.6 Å². The van der Waals surface area contributed by atoms with Gasteiger partial charge in [0.15, 0.2) is 0 Å². The number of rotatable bonds is 4. The molecule has 3 unspecified atom stereocenters. The van der Waals surface area contributed by atoms with Gasteiger partial charge in [0.2, 0.25) is 14.8 Å². The van der Waals surface area contributed by atoms with E-state index in [0.717, 1.165) is 12.3 Å². The Hall–Kier alpha value is -2.66. The molecule has 11 heteroatoms. The molecule has 2 aromatic rings. The number of alkyl halides is 3. The van der Waals surface area contributed by atoms with Crippen molar-refractivity contribution in [3.8, 4) is 0 Å². The molecule has 4 rings (SSSR count). The van der Waals surface area contributed by atoms with E-state index >= 15 is 0 Å². The minimum Gasteiger partial charge on any atom is -0.480 e. The number of carbonyl (C=O) groups is 1. The first-order chi connectivity index (χ1) is 15.4. The fraction of sp³-hybridized carbons (Fsp3) is 0.455. The number of aryl methyl sites for hydroxylation is 1. The maximum Gasteiger partial charge on any atom is 0.417 e. The van der Waals surface area contributed by atoms with Crippen LogP contribution in [-0.2, 0) is 32.2 Å². The molecule has 2 aliphatic rings. The number of anilines is 1. The number of nitrogens with zero attached hydrogens (tertiary/aromatic N) is 3. The largest absolute Gasteiger partial charge is 0.480 e. The second-order valence-electron chi connectivity index (χ2n) is 8.48. The normalized spacial score (nSPS) is 26.3. The van der Waals surface area contributed by atoms with E-state index in [4.69, 9.17) is 0 Å². The number of pyridine rings is 1. The van der Waals surface area contributed by atoms with Gasteiger partial charge in [-0.05, 0) is 49.9 Å². The first kappa shape index (κ1) is 23.5. The van der Waals surface area contributed by atoms with Gasteiger partial charge in [0, 0.05) is 31.4 Å². The molecule has 7 nitrogen and oxygen atoms in total. The number of sulfonamides is 1. The summed E-state index contributed by atoms with van der Waals surface area (Å²) in [5.74, 6) is -1.10. The molecule has 1 aromatic heterocycles. The minimum atomic E-state index is -4.50. The molecule has 2 heterocycles.